The molecule has 152 valence electrons. The maximum absolute atomic E-state index is 13.2. The molecule has 1 aliphatic heterocycles. The average molecular weight is 430 g/mol. The lowest BCUT2D eigenvalue weighted by molar-refractivity contribution is -0.141. The molecule has 6 nitrogen and oxygen atoms in total. The number of amides is 2. The highest BCUT2D eigenvalue weighted by molar-refractivity contribution is 6.33. The Balaban J connectivity index is 1.73. The Morgan fingerprint density at radius 3 is 2.65 bits per heavy atom. The third kappa shape index (κ3) is 3.91. The van der Waals surface area contributed by atoms with E-state index in [1.54, 1.807) is 49.6 Å². The number of carbonyl (C=O) groups is 2. The van der Waals surface area contributed by atoms with Gasteiger partial charge in [-0.25, -0.2) is 0 Å². The van der Waals surface area contributed by atoms with Crippen LogP contribution in [0, 0.1) is 11.3 Å². The first-order valence-corrected chi connectivity index (χ1v) is 9.80. The van der Waals surface area contributed by atoms with E-state index in [0.29, 0.717) is 27.7 Å². The Labute approximate surface area is 183 Å². The SMILES string of the molecule is CC1=C(C#N)C(=O)N(Cc2cccnc2)C(=O)/C1=C/c1ccc(-c2ccccc2Cl)o1. The molecule has 3 heterocycles. The van der Waals surface area contributed by atoms with E-state index in [1.807, 2.05) is 24.3 Å². The number of imide groups is 1. The Morgan fingerprint density at radius 1 is 1.13 bits per heavy atom. The van der Waals surface area contributed by atoms with Crippen LogP contribution in [0.1, 0.15) is 18.2 Å². The summed E-state index contributed by atoms with van der Waals surface area (Å²) in [5.41, 5.74) is 1.87. The minimum Gasteiger partial charge on any atom is -0.457 e. The van der Waals surface area contributed by atoms with E-state index < -0.39 is 11.8 Å². The van der Waals surface area contributed by atoms with Gasteiger partial charge in [0, 0.05) is 23.5 Å². The molecule has 0 radical (unpaired) electrons. The largest absolute Gasteiger partial charge is 0.457 e. The van der Waals surface area contributed by atoms with Gasteiger partial charge in [0.1, 0.15) is 23.2 Å². The standard InChI is InChI=1S/C24H16ClN3O3/c1-15-19(11-17-8-9-22(31-17)18-6-2-3-7-21(18)25)23(29)28(24(30)20(15)12-26)14-16-5-4-10-27-13-16/h2-11,13H,14H2,1H3/b19-11+. The fourth-order valence-electron chi connectivity index (χ4n) is 3.33. The molecular weight excluding hydrogens is 414 g/mol. The van der Waals surface area contributed by atoms with Gasteiger partial charge in [0.05, 0.1) is 11.6 Å². The maximum Gasteiger partial charge on any atom is 0.271 e. The fraction of sp³-hybridized carbons (Fsp3) is 0.0833. The van der Waals surface area contributed by atoms with Crippen LogP contribution in [0.5, 0.6) is 0 Å². The second kappa shape index (κ2) is 8.42. The number of nitriles is 1. The lowest BCUT2D eigenvalue weighted by Gasteiger charge is -2.27. The van der Waals surface area contributed by atoms with Crippen LogP contribution in [0.15, 0.2) is 82.1 Å². The molecule has 1 aliphatic rings. The molecule has 0 unspecified atom stereocenters. The molecule has 0 spiro atoms. The number of halogens is 1. The van der Waals surface area contributed by atoms with Gasteiger partial charge in [-0.2, -0.15) is 5.26 Å². The normalized spacial score (nSPS) is 15.5. The van der Waals surface area contributed by atoms with Crippen molar-refractivity contribution in [2.24, 2.45) is 0 Å². The van der Waals surface area contributed by atoms with Crippen molar-refractivity contribution in [2.45, 2.75) is 13.5 Å². The van der Waals surface area contributed by atoms with E-state index in [-0.39, 0.29) is 17.7 Å². The van der Waals surface area contributed by atoms with Crippen molar-refractivity contribution in [1.29, 1.82) is 5.26 Å². The highest BCUT2D eigenvalue weighted by Crippen LogP contribution is 2.32. The summed E-state index contributed by atoms with van der Waals surface area (Å²) in [6.07, 6.45) is 4.72. The summed E-state index contributed by atoms with van der Waals surface area (Å²) in [7, 11) is 0. The van der Waals surface area contributed by atoms with Crippen LogP contribution in [0.4, 0.5) is 0 Å². The Morgan fingerprint density at radius 2 is 1.94 bits per heavy atom. The summed E-state index contributed by atoms with van der Waals surface area (Å²) < 4.78 is 5.87. The van der Waals surface area contributed by atoms with E-state index in [4.69, 9.17) is 16.0 Å². The lowest BCUT2D eigenvalue weighted by atomic mass is 9.94. The Bertz CT molecular complexity index is 1280. The van der Waals surface area contributed by atoms with Gasteiger partial charge in [-0.05, 0) is 54.5 Å². The first-order chi connectivity index (χ1) is 15.0. The van der Waals surface area contributed by atoms with Crippen molar-refractivity contribution < 1.29 is 14.0 Å². The van der Waals surface area contributed by atoms with Crippen molar-refractivity contribution in [1.82, 2.24) is 9.88 Å². The average Bonchev–Trinajstić information content (AvgIpc) is 3.24. The first kappa shape index (κ1) is 20.3. The molecule has 1 aromatic carbocycles. The van der Waals surface area contributed by atoms with Crippen LogP contribution in [0.3, 0.4) is 0 Å². The highest BCUT2D eigenvalue weighted by atomic mass is 35.5. The van der Waals surface area contributed by atoms with Crippen molar-refractivity contribution in [2.75, 3.05) is 0 Å². The van der Waals surface area contributed by atoms with Crippen molar-refractivity contribution in [3.63, 3.8) is 0 Å². The molecule has 7 heteroatoms. The van der Waals surface area contributed by atoms with Crippen LogP contribution in [0.25, 0.3) is 17.4 Å². The molecule has 0 saturated carbocycles. The number of nitrogens with zero attached hydrogens (tertiary/aromatic N) is 3. The summed E-state index contributed by atoms with van der Waals surface area (Å²) in [5, 5.41) is 10.1. The van der Waals surface area contributed by atoms with Crippen molar-refractivity contribution >= 4 is 29.5 Å². The highest BCUT2D eigenvalue weighted by Gasteiger charge is 2.35. The van der Waals surface area contributed by atoms with Gasteiger partial charge in [0.25, 0.3) is 11.8 Å². The van der Waals surface area contributed by atoms with E-state index in [2.05, 4.69) is 4.98 Å². The van der Waals surface area contributed by atoms with Crippen LogP contribution >= 0.6 is 11.6 Å². The number of carbonyl (C=O) groups excluding carboxylic acids is 2. The van der Waals surface area contributed by atoms with Crippen LogP contribution in [-0.4, -0.2) is 21.7 Å². The summed E-state index contributed by atoms with van der Waals surface area (Å²) in [4.78, 5) is 31.0. The van der Waals surface area contributed by atoms with Crippen LogP contribution in [0.2, 0.25) is 5.02 Å². The molecule has 31 heavy (non-hydrogen) atoms. The third-order valence-corrected chi connectivity index (χ3v) is 5.27. The molecule has 3 aromatic rings. The van der Waals surface area contributed by atoms with Gasteiger partial charge in [0.15, 0.2) is 0 Å². The number of hydrogen-bond acceptors (Lipinski definition) is 5. The fourth-order valence-corrected chi connectivity index (χ4v) is 3.55. The molecule has 0 N–H and O–H groups in total. The predicted molar refractivity (Wildman–Crippen MR) is 115 cm³/mol. The quantitative estimate of drug-likeness (QED) is 0.439. The summed E-state index contributed by atoms with van der Waals surface area (Å²) in [6, 6.07) is 16.1. The lowest BCUT2D eigenvalue weighted by Crippen LogP contribution is -2.42. The summed E-state index contributed by atoms with van der Waals surface area (Å²) in [5.74, 6) is -0.167. The topological polar surface area (TPSA) is 87.2 Å². The zero-order valence-corrected chi connectivity index (χ0v) is 17.3. The predicted octanol–water partition coefficient (Wildman–Crippen LogP) is 4.79. The smallest absolute Gasteiger partial charge is 0.271 e. The molecule has 0 fully saturated rings. The van der Waals surface area contributed by atoms with E-state index >= 15 is 0 Å². The van der Waals surface area contributed by atoms with Gasteiger partial charge in [-0.15, -0.1) is 0 Å². The minimum atomic E-state index is -0.623. The monoisotopic (exact) mass is 429 g/mol. The van der Waals surface area contributed by atoms with Gasteiger partial charge in [0.2, 0.25) is 0 Å². The minimum absolute atomic E-state index is 0.0182. The summed E-state index contributed by atoms with van der Waals surface area (Å²) in [6.45, 7) is 1.60. The van der Waals surface area contributed by atoms with Gasteiger partial charge in [-0.1, -0.05) is 29.8 Å². The first-order valence-electron chi connectivity index (χ1n) is 9.42. The van der Waals surface area contributed by atoms with E-state index in [1.165, 1.54) is 6.08 Å². The molecular formula is C24H16ClN3O3. The van der Waals surface area contributed by atoms with Crippen LogP contribution < -0.4 is 0 Å². The Kier molecular flexibility index (Phi) is 5.52. The number of furan rings is 1. The van der Waals surface area contributed by atoms with E-state index in [9.17, 15) is 14.9 Å². The number of pyridine rings is 1. The second-order valence-electron chi connectivity index (χ2n) is 6.91. The molecule has 0 bridgehead atoms. The van der Waals surface area contributed by atoms with Crippen molar-refractivity contribution in [3.05, 3.63) is 94.0 Å². The number of hydrogen-bond donors (Lipinski definition) is 0. The summed E-state index contributed by atoms with van der Waals surface area (Å²) >= 11 is 6.23. The molecule has 2 aromatic heterocycles. The van der Waals surface area contributed by atoms with Gasteiger partial charge >= 0.3 is 0 Å². The maximum atomic E-state index is 13.2. The molecule has 2 amide bonds. The third-order valence-electron chi connectivity index (χ3n) is 4.94. The Hall–Kier alpha value is -3.95. The van der Waals surface area contributed by atoms with Crippen LogP contribution in [-0.2, 0) is 16.1 Å². The molecule has 0 aliphatic carbocycles. The number of rotatable bonds is 4. The number of aromatic nitrogens is 1. The molecule has 4 rings (SSSR count). The number of benzene rings is 1. The van der Waals surface area contributed by atoms with E-state index in [0.717, 1.165) is 10.5 Å². The zero-order valence-electron chi connectivity index (χ0n) is 16.5. The molecule has 0 atom stereocenters. The van der Waals surface area contributed by atoms with Gasteiger partial charge < -0.3 is 4.42 Å². The zero-order chi connectivity index (χ0) is 22.0. The second-order valence-corrected chi connectivity index (χ2v) is 7.32. The van der Waals surface area contributed by atoms with Crippen molar-refractivity contribution in [3.8, 4) is 17.4 Å². The molecule has 0 saturated heterocycles. The van der Waals surface area contributed by atoms with Gasteiger partial charge in [-0.3, -0.25) is 19.5 Å².